The Hall–Kier alpha value is -2.72. The molecular formula is C19H18F3N3O3S. The first-order valence-electron chi connectivity index (χ1n) is 8.79. The van der Waals surface area contributed by atoms with Crippen LogP contribution in [0, 0.1) is 0 Å². The molecule has 1 N–H and O–H groups in total. The molecule has 29 heavy (non-hydrogen) atoms. The molecule has 0 aromatic heterocycles. The molecule has 10 heteroatoms. The topological polar surface area (TPSA) is 78.8 Å². The number of benzene rings is 2. The van der Waals surface area contributed by atoms with Gasteiger partial charge in [-0.25, -0.2) is 13.8 Å². The number of halogens is 3. The number of hydrazone groups is 1. The molecule has 0 spiro atoms. The van der Waals surface area contributed by atoms with E-state index in [1.807, 2.05) is 0 Å². The number of nitrogens with one attached hydrogen (secondary N) is 1. The molecule has 1 amide bonds. The van der Waals surface area contributed by atoms with Gasteiger partial charge in [-0.15, -0.1) is 0 Å². The fourth-order valence-electron chi connectivity index (χ4n) is 2.97. The number of carbonyl (C=O) groups excluding carboxylic acids is 1. The summed E-state index contributed by atoms with van der Waals surface area (Å²) in [5, 5.41) is 3.58. The molecule has 154 valence electrons. The van der Waals surface area contributed by atoms with E-state index in [1.165, 1.54) is 46.8 Å². The molecule has 0 saturated carbocycles. The number of alkyl halides is 3. The lowest BCUT2D eigenvalue weighted by atomic mass is 10.1. The maximum atomic E-state index is 13.0. The second kappa shape index (κ2) is 8.34. The van der Waals surface area contributed by atoms with E-state index in [1.54, 1.807) is 0 Å². The third-order valence-corrected chi connectivity index (χ3v) is 6.33. The van der Waals surface area contributed by atoms with E-state index in [2.05, 4.69) is 10.5 Å². The van der Waals surface area contributed by atoms with Crippen LogP contribution in [0.3, 0.4) is 0 Å². The Morgan fingerprint density at radius 2 is 1.76 bits per heavy atom. The third kappa shape index (κ3) is 4.83. The van der Waals surface area contributed by atoms with Gasteiger partial charge in [0.1, 0.15) is 0 Å². The minimum absolute atomic E-state index is 0.0153. The van der Waals surface area contributed by atoms with Crippen LogP contribution in [-0.2, 0) is 16.2 Å². The van der Waals surface area contributed by atoms with E-state index in [0.29, 0.717) is 13.1 Å². The van der Waals surface area contributed by atoms with E-state index in [-0.39, 0.29) is 16.0 Å². The van der Waals surface area contributed by atoms with Gasteiger partial charge in [0.05, 0.1) is 16.7 Å². The highest BCUT2D eigenvalue weighted by Gasteiger charge is 2.32. The quantitative estimate of drug-likeness (QED) is 0.590. The van der Waals surface area contributed by atoms with Crippen LogP contribution in [0.15, 0.2) is 58.5 Å². The van der Waals surface area contributed by atoms with Crippen molar-refractivity contribution in [3.63, 3.8) is 0 Å². The van der Waals surface area contributed by atoms with Crippen LogP contribution in [-0.4, -0.2) is 37.9 Å². The maximum absolute atomic E-state index is 13.0. The van der Waals surface area contributed by atoms with Gasteiger partial charge in [0, 0.05) is 24.2 Å². The number of hydrogen-bond donors (Lipinski definition) is 1. The van der Waals surface area contributed by atoms with Crippen molar-refractivity contribution in [1.82, 2.24) is 9.73 Å². The molecule has 3 rings (SSSR count). The van der Waals surface area contributed by atoms with Crippen molar-refractivity contribution in [2.45, 2.75) is 23.9 Å². The molecular weight excluding hydrogens is 407 g/mol. The minimum Gasteiger partial charge on any atom is -0.267 e. The summed E-state index contributed by atoms with van der Waals surface area (Å²) in [6.45, 7) is 0.864. The molecule has 1 aliphatic heterocycles. The van der Waals surface area contributed by atoms with Crippen LogP contribution >= 0.6 is 0 Å². The van der Waals surface area contributed by atoms with Gasteiger partial charge in [-0.1, -0.05) is 24.3 Å². The second-order valence-corrected chi connectivity index (χ2v) is 8.36. The highest BCUT2D eigenvalue weighted by molar-refractivity contribution is 7.89. The molecule has 1 aliphatic rings. The molecule has 6 nitrogen and oxygen atoms in total. The summed E-state index contributed by atoms with van der Waals surface area (Å²) in [7, 11) is -3.69. The summed E-state index contributed by atoms with van der Waals surface area (Å²) in [5.41, 5.74) is 1.08. The van der Waals surface area contributed by atoms with Gasteiger partial charge >= 0.3 is 6.18 Å². The maximum Gasteiger partial charge on any atom is 0.417 e. The van der Waals surface area contributed by atoms with Crippen molar-refractivity contribution in [2.24, 2.45) is 5.10 Å². The Balaban J connectivity index is 1.75. The fraction of sp³-hybridized carbons (Fsp3) is 0.263. The normalized spacial score (nSPS) is 15.7. The molecule has 0 unspecified atom stereocenters. The monoisotopic (exact) mass is 425 g/mol. The van der Waals surface area contributed by atoms with Crippen LogP contribution in [0.5, 0.6) is 0 Å². The first-order chi connectivity index (χ1) is 13.7. The van der Waals surface area contributed by atoms with Crippen LogP contribution in [0.2, 0.25) is 0 Å². The predicted molar refractivity (Wildman–Crippen MR) is 101 cm³/mol. The van der Waals surface area contributed by atoms with E-state index in [4.69, 9.17) is 0 Å². The Morgan fingerprint density at radius 3 is 2.45 bits per heavy atom. The summed E-state index contributed by atoms with van der Waals surface area (Å²) in [5.74, 6) is -0.732. The molecule has 2 aromatic carbocycles. The lowest BCUT2D eigenvalue weighted by molar-refractivity contribution is -0.137. The van der Waals surface area contributed by atoms with Gasteiger partial charge in [-0.2, -0.15) is 22.6 Å². The standard InChI is InChI=1S/C19H18F3N3O3S/c20-19(21,22)17-9-2-1-6-15(17)13-23-24-18(26)14-7-5-8-16(12-14)29(27,28)25-10-3-4-11-25/h1-2,5-9,12-13H,3-4,10-11H2,(H,24,26). The molecule has 2 aromatic rings. The smallest absolute Gasteiger partial charge is 0.267 e. The van der Waals surface area contributed by atoms with Crippen molar-refractivity contribution in [2.75, 3.05) is 13.1 Å². The first kappa shape index (κ1) is 21.0. The Morgan fingerprint density at radius 1 is 1.07 bits per heavy atom. The molecule has 0 atom stereocenters. The predicted octanol–water partition coefficient (Wildman–Crippen LogP) is 3.25. The largest absolute Gasteiger partial charge is 0.417 e. The molecule has 0 bridgehead atoms. The third-order valence-electron chi connectivity index (χ3n) is 4.43. The fourth-order valence-corrected chi connectivity index (χ4v) is 4.53. The summed E-state index contributed by atoms with van der Waals surface area (Å²) < 4.78 is 65.5. The number of carbonyl (C=O) groups is 1. The first-order valence-corrected chi connectivity index (χ1v) is 10.2. The van der Waals surface area contributed by atoms with E-state index in [0.717, 1.165) is 25.1 Å². The number of amides is 1. The number of sulfonamides is 1. The highest BCUT2D eigenvalue weighted by Crippen LogP contribution is 2.31. The SMILES string of the molecule is O=C(NN=Cc1ccccc1C(F)(F)F)c1cccc(S(=O)(=O)N2CCCC2)c1. The van der Waals surface area contributed by atoms with Crippen LogP contribution in [0.4, 0.5) is 13.2 Å². The van der Waals surface area contributed by atoms with Gasteiger partial charge in [-0.3, -0.25) is 4.79 Å². The van der Waals surface area contributed by atoms with E-state index in [9.17, 15) is 26.4 Å². The summed E-state index contributed by atoms with van der Waals surface area (Å²) in [4.78, 5) is 12.2. The van der Waals surface area contributed by atoms with Crippen LogP contribution in [0.25, 0.3) is 0 Å². The average Bonchev–Trinajstić information content (AvgIpc) is 3.23. The number of nitrogens with zero attached hydrogens (tertiary/aromatic N) is 2. The number of hydrogen-bond acceptors (Lipinski definition) is 4. The van der Waals surface area contributed by atoms with Crippen molar-refractivity contribution >= 4 is 22.1 Å². The van der Waals surface area contributed by atoms with Gasteiger partial charge in [-0.05, 0) is 37.1 Å². The zero-order valence-corrected chi connectivity index (χ0v) is 16.0. The van der Waals surface area contributed by atoms with Gasteiger partial charge in [0.25, 0.3) is 5.91 Å². The zero-order valence-electron chi connectivity index (χ0n) is 15.2. The van der Waals surface area contributed by atoms with Gasteiger partial charge < -0.3 is 0 Å². The second-order valence-electron chi connectivity index (χ2n) is 6.42. The van der Waals surface area contributed by atoms with Crippen molar-refractivity contribution in [3.05, 3.63) is 65.2 Å². The van der Waals surface area contributed by atoms with E-state index < -0.39 is 27.7 Å². The van der Waals surface area contributed by atoms with Crippen LogP contribution < -0.4 is 5.43 Å². The molecule has 0 radical (unpaired) electrons. The Kier molecular flexibility index (Phi) is 6.04. The van der Waals surface area contributed by atoms with Crippen molar-refractivity contribution in [3.8, 4) is 0 Å². The molecule has 1 saturated heterocycles. The van der Waals surface area contributed by atoms with Crippen molar-refractivity contribution < 1.29 is 26.4 Å². The van der Waals surface area contributed by atoms with Crippen LogP contribution in [0.1, 0.15) is 34.3 Å². The minimum atomic E-state index is -4.55. The summed E-state index contributed by atoms with van der Waals surface area (Å²) >= 11 is 0. The van der Waals surface area contributed by atoms with Gasteiger partial charge in [0.15, 0.2) is 0 Å². The Bertz CT molecular complexity index is 1030. The van der Waals surface area contributed by atoms with Crippen molar-refractivity contribution in [1.29, 1.82) is 0 Å². The summed E-state index contributed by atoms with van der Waals surface area (Å²) in [6, 6.07) is 10.3. The lowest BCUT2D eigenvalue weighted by Gasteiger charge is -2.15. The highest BCUT2D eigenvalue weighted by atomic mass is 32.2. The molecule has 1 fully saturated rings. The zero-order chi connectivity index (χ0) is 21.1. The Labute approximate surface area is 166 Å². The number of rotatable bonds is 5. The average molecular weight is 425 g/mol. The van der Waals surface area contributed by atoms with E-state index >= 15 is 0 Å². The molecule has 1 heterocycles. The lowest BCUT2D eigenvalue weighted by Crippen LogP contribution is -2.28. The summed E-state index contributed by atoms with van der Waals surface area (Å²) in [6.07, 6.45) is -2.09. The molecule has 0 aliphatic carbocycles. The van der Waals surface area contributed by atoms with Gasteiger partial charge in [0.2, 0.25) is 10.0 Å².